The Bertz CT molecular complexity index is 1150. The van der Waals surface area contributed by atoms with Gasteiger partial charge in [0.25, 0.3) is 5.91 Å². The number of carbonyl (C=O) groups excluding carboxylic acids is 1. The molecule has 4 rings (SSSR count). The Morgan fingerprint density at radius 2 is 2.00 bits per heavy atom. The second kappa shape index (κ2) is 7.03. The Morgan fingerprint density at radius 3 is 2.73 bits per heavy atom. The smallest absolute Gasteiger partial charge is 0.255 e. The van der Waals surface area contributed by atoms with Gasteiger partial charge in [-0.3, -0.25) is 4.79 Å². The molecule has 2 aromatic carbocycles. The average Bonchev–Trinajstić information content (AvgIpc) is 3.16. The van der Waals surface area contributed by atoms with Gasteiger partial charge in [-0.2, -0.15) is 4.37 Å². The highest BCUT2D eigenvalue weighted by molar-refractivity contribution is 7.13. The van der Waals surface area contributed by atoms with Crippen LogP contribution in [0.2, 0.25) is 0 Å². The Morgan fingerprint density at radius 1 is 1.27 bits per heavy atom. The van der Waals surface area contributed by atoms with Crippen LogP contribution in [0.25, 0.3) is 21.2 Å². The molecule has 0 spiro atoms. The molecule has 0 saturated carbocycles. The summed E-state index contributed by atoms with van der Waals surface area (Å²) in [4.78, 5) is 15.7. The quantitative estimate of drug-likeness (QED) is 0.621. The van der Waals surface area contributed by atoms with E-state index < -0.39 is 5.82 Å². The lowest BCUT2D eigenvalue weighted by Crippen LogP contribution is -2.67. The molecule has 1 fully saturated rings. The summed E-state index contributed by atoms with van der Waals surface area (Å²) in [7, 11) is 0. The van der Waals surface area contributed by atoms with Gasteiger partial charge in [-0.05, 0) is 81.0 Å². The van der Waals surface area contributed by atoms with Crippen molar-refractivity contribution in [3.63, 3.8) is 0 Å². The molecule has 2 N–H and O–H groups in total. The predicted octanol–water partition coefficient (Wildman–Crippen LogP) is 4.72. The fraction of sp³-hybridized carbons (Fsp3) is 0.391. The van der Waals surface area contributed by atoms with Crippen LogP contribution in [0.5, 0.6) is 5.75 Å². The summed E-state index contributed by atoms with van der Waals surface area (Å²) < 4.78 is 19.4. The number of benzene rings is 2. The molecule has 0 aliphatic carbocycles. The third-order valence-corrected chi connectivity index (χ3v) is 6.74. The first-order valence-corrected chi connectivity index (χ1v) is 10.7. The third kappa shape index (κ3) is 3.46. The lowest BCUT2D eigenvalue weighted by Gasteiger charge is -2.49. The van der Waals surface area contributed by atoms with E-state index in [-0.39, 0.29) is 22.7 Å². The topological polar surface area (TPSA) is 65.5 Å². The monoisotopic (exact) mass is 427 g/mol. The second-order valence-corrected chi connectivity index (χ2v) is 10.1. The summed E-state index contributed by atoms with van der Waals surface area (Å²) in [5, 5.41) is 14.0. The lowest BCUT2D eigenvalue weighted by molar-refractivity contribution is 0.0283. The zero-order valence-corrected chi connectivity index (χ0v) is 18.7. The normalized spacial score (nSPS) is 18.0. The molecule has 158 valence electrons. The number of nitrogens with one attached hydrogen (secondary N) is 1. The first-order valence-electron chi connectivity index (χ1n) is 9.94. The number of aromatic nitrogens is 1. The summed E-state index contributed by atoms with van der Waals surface area (Å²) in [6.45, 7) is 11.2. The fourth-order valence-electron chi connectivity index (χ4n) is 3.99. The molecule has 1 saturated heterocycles. The molecule has 0 radical (unpaired) electrons. The minimum atomic E-state index is -0.645. The third-order valence-electron chi connectivity index (χ3n) is 5.89. The number of phenols is 1. The van der Waals surface area contributed by atoms with Crippen molar-refractivity contribution in [2.75, 3.05) is 13.1 Å². The zero-order valence-electron chi connectivity index (χ0n) is 17.8. The van der Waals surface area contributed by atoms with Gasteiger partial charge in [0.1, 0.15) is 0 Å². The van der Waals surface area contributed by atoms with Crippen molar-refractivity contribution in [1.82, 2.24) is 14.6 Å². The van der Waals surface area contributed by atoms with Crippen molar-refractivity contribution in [2.45, 2.75) is 45.7 Å². The van der Waals surface area contributed by atoms with Crippen molar-refractivity contribution < 1.29 is 14.3 Å². The molecule has 2 heterocycles. The molecule has 1 aliphatic heterocycles. The van der Waals surface area contributed by atoms with Gasteiger partial charge in [0.2, 0.25) is 0 Å². The number of hydrogen-bond acceptors (Lipinski definition) is 5. The highest BCUT2D eigenvalue weighted by Crippen LogP contribution is 2.36. The lowest BCUT2D eigenvalue weighted by atomic mass is 9.90. The number of nitrogens with zero attached hydrogens (tertiary/aromatic N) is 2. The van der Waals surface area contributed by atoms with Crippen LogP contribution in [0.1, 0.15) is 43.6 Å². The molecule has 1 amide bonds. The van der Waals surface area contributed by atoms with Crippen molar-refractivity contribution in [2.24, 2.45) is 0 Å². The van der Waals surface area contributed by atoms with E-state index >= 15 is 0 Å². The molecule has 7 heteroatoms. The molecule has 0 unspecified atom stereocenters. The number of rotatable bonds is 2. The van der Waals surface area contributed by atoms with E-state index in [1.54, 1.807) is 19.2 Å². The summed E-state index contributed by atoms with van der Waals surface area (Å²) in [6, 6.07) is 6.77. The molecular weight excluding hydrogens is 401 g/mol. The Kier molecular flexibility index (Phi) is 4.86. The van der Waals surface area contributed by atoms with Crippen molar-refractivity contribution in [3.05, 3.63) is 47.4 Å². The number of halogens is 1. The van der Waals surface area contributed by atoms with E-state index in [2.05, 4.69) is 37.4 Å². The molecule has 3 aromatic rings. The average molecular weight is 428 g/mol. The van der Waals surface area contributed by atoms with Gasteiger partial charge in [0.15, 0.2) is 11.6 Å². The van der Waals surface area contributed by atoms with Crippen molar-refractivity contribution in [3.8, 4) is 16.9 Å². The summed E-state index contributed by atoms with van der Waals surface area (Å²) in [5.41, 5.74) is 1.76. The summed E-state index contributed by atoms with van der Waals surface area (Å²) in [6.07, 6.45) is 1.74. The second-order valence-electron chi connectivity index (χ2n) is 9.28. The Balaban J connectivity index is 1.86. The minimum Gasteiger partial charge on any atom is -0.505 e. The van der Waals surface area contributed by atoms with Crippen LogP contribution >= 0.6 is 11.5 Å². The minimum absolute atomic E-state index is 0.0532. The van der Waals surface area contributed by atoms with E-state index in [9.17, 15) is 14.3 Å². The molecule has 5 nitrogen and oxygen atoms in total. The van der Waals surface area contributed by atoms with Gasteiger partial charge in [0.05, 0.1) is 15.8 Å². The Hall–Kier alpha value is -2.51. The van der Waals surface area contributed by atoms with E-state index in [0.717, 1.165) is 15.6 Å². The Labute approximate surface area is 179 Å². The van der Waals surface area contributed by atoms with Crippen LogP contribution in [-0.4, -0.2) is 44.5 Å². The largest absolute Gasteiger partial charge is 0.505 e. The van der Waals surface area contributed by atoms with Gasteiger partial charge in [-0.25, -0.2) is 4.39 Å². The van der Waals surface area contributed by atoms with E-state index in [1.807, 2.05) is 17.0 Å². The maximum absolute atomic E-state index is 14.3. The van der Waals surface area contributed by atoms with E-state index in [4.69, 9.17) is 0 Å². The number of amides is 1. The van der Waals surface area contributed by atoms with Gasteiger partial charge in [0, 0.05) is 30.2 Å². The molecular formula is C23H26FN3O2S. The van der Waals surface area contributed by atoms with Crippen LogP contribution in [0.15, 0.2) is 30.5 Å². The van der Waals surface area contributed by atoms with Crippen molar-refractivity contribution >= 4 is 27.5 Å². The van der Waals surface area contributed by atoms with Crippen LogP contribution in [-0.2, 0) is 0 Å². The van der Waals surface area contributed by atoms with Crippen LogP contribution in [0.4, 0.5) is 4.39 Å². The number of hydrogen-bond donors (Lipinski definition) is 2. The fourth-order valence-corrected chi connectivity index (χ4v) is 4.72. The van der Waals surface area contributed by atoms with Gasteiger partial charge in [-0.15, -0.1) is 0 Å². The van der Waals surface area contributed by atoms with E-state index in [0.29, 0.717) is 29.8 Å². The maximum Gasteiger partial charge on any atom is 0.255 e. The molecule has 1 aromatic heterocycles. The number of fused-ring (bicyclic) bond motifs is 1. The summed E-state index contributed by atoms with van der Waals surface area (Å²) >= 11 is 1.29. The highest BCUT2D eigenvalue weighted by atomic mass is 32.1. The molecule has 30 heavy (non-hydrogen) atoms. The van der Waals surface area contributed by atoms with Crippen LogP contribution < -0.4 is 5.32 Å². The number of piperazine rings is 1. The number of phenolic OH excluding ortho intramolecular Hbond substituents is 1. The first kappa shape index (κ1) is 20.8. The van der Waals surface area contributed by atoms with Gasteiger partial charge in [-0.1, -0.05) is 6.07 Å². The van der Waals surface area contributed by atoms with Gasteiger partial charge < -0.3 is 15.3 Å². The SMILES string of the molecule is Cc1c(-c2cc(C(=O)N3CC(C)(C)NCC3(C)C)c3sncc3c2)ccc(O)c1F. The summed E-state index contributed by atoms with van der Waals surface area (Å²) in [5.74, 6) is -1.08. The molecule has 0 bridgehead atoms. The first-order chi connectivity index (χ1) is 14.0. The predicted molar refractivity (Wildman–Crippen MR) is 119 cm³/mol. The number of carbonyl (C=O) groups is 1. The number of aromatic hydroxyl groups is 1. The van der Waals surface area contributed by atoms with Crippen LogP contribution in [0.3, 0.4) is 0 Å². The van der Waals surface area contributed by atoms with Gasteiger partial charge >= 0.3 is 0 Å². The maximum atomic E-state index is 14.3. The zero-order chi connectivity index (χ0) is 21.8. The molecule has 1 aliphatic rings. The van der Waals surface area contributed by atoms with Crippen LogP contribution in [0, 0.1) is 12.7 Å². The standard InChI is InChI=1S/C23H26FN3O2S/c1-13-16(6-7-18(28)19(13)24)14-8-15-10-26-30-20(15)17(9-14)21(29)27-12-22(2,3)25-11-23(27,4)5/h6-10,25,28H,11-12H2,1-5H3. The van der Waals surface area contributed by atoms with Crippen molar-refractivity contribution in [1.29, 1.82) is 0 Å². The van der Waals surface area contributed by atoms with E-state index in [1.165, 1.54) is 17.6 Å². The molecule has 0 atom stereocenters. The highest BCUT2D eigenvalue weighted by Gasteiger charge is 2.41.